The van der Waals surface area contributed by atoms with E-state index in [2.05, 4.69) is 25.8 Å². The van der Waals surface area contributed by atoms with Crippen molar-refractivity contribution in [2.75, 3.05) is 5.32 Å². The average molecular weight is 279 g/mol. The van der Waals surface area contributed by atoms with Crippen LogP contribution in [0.2, 0.25) is 0 Å². The first-order valence-electron chi connectivity index (χ1n) is 5.14. The average Bonchev–Trinajstić information content (AvgIpc) is 2.90. The third-order valence-electron chi connectivity index (χ3n) is 2.06. The van der Waals surface area contributed by atoms with Crippen LogP contribution in [-0.2, 0) is 4.79 Å². The molecule has 0 saturated heterocycles. The van der Waals surface area contributed by atoms with Gasteiger partial charge in [-0.2, -0.15) is 5.10 Å². The lowest BCUT2D eigenvalue weighted by Gasteiger charge is -2.12. The molecule has 19 heavy (non-hydrogen) atoms. The maximum atomic E-state index is 11.6. The molecule has 2 aromatic heterocycles. The Balaban J connectivity index is 2.02. The minimum atomic E-state index is -1.15. The van der Waals surface area contributed by atoms with Crippen LogP contribution >= 0.6 is 11.3 Å². The van der Waals surface area contributed by atoms with Gasteiger partial charge >= 0.3 is 12.0 Å². The number of urea groups is 1. The molecule has 8 nitrogen and oxygen atoms in total. The summed E-state index contributed by atoms with van der Waals surface area (Å²) in [5.74, 6) is -1.15. The first-order chi connectivity index (χ1) is 9.16. The molecule has 0 aliphatic heterocycles. The molecule has 2 aromatic rings. The topological polar surface area (TPSA) is 117 Å². The smallest absolute Gasteiger partial charge is 0.331 e. The van der Waals surface area contributed by atoms with Gasteiger partial charge in [-0.3, -0.25) is 5.32 Å². The molecule has 1 unspecified atom stereocenters. The Kier molecular flexibility index (Phi) is 3.98. The maximum Gasteiger partial charge on any atom is 0.331 e. The van der Waals surface area contributed by atoms with Gasteiger partial charge in [0, 0.05) is 4.88 Å². The summed E-state index contributed by atoms with van der Waals surface area (Å²) < 4.78 is 0. The first kappa shape index (κ1) is 12.9. The Bertz CT molecular complexity index is 560. The van der Waals surface area contributed by atoms with Crippen LogP contribution in [0.4, 0.5) is 10.7 Å². The van der Waals surface area contributed by atoms with Crippen molar-refractivity contribution in [2.24, 2.45) is 0 Å². The standard InChI is InChI=1S/C10H9N5O3S/c16-8(17)7(6-2-1-5-19-6)13-10(18)14-9-11-3-4-12-15-9/h1-5,7H,(H,16,17)(H2,11,13,14,15,18). The highest BCUT2D eigenvalue weighted by Gasteiger charge is 2.23. The van der Waals surface area contributed by atoms with E-state index in [9.17, 15) is 9.59 Å². The van der Waals surface area contributed by atoms with Crippen molar-refractivity contribution in [3.05, 3.63) is 34.8 Å². The lowest BCUT2D eigenvalue weighted by atomic mass is 10.2. The molecule has 0 fully saturated rings. The van der Waals surface area contributed by atoms with Gasteiger partial charge in [-0.15, -0.1) is 16.4 Å². The largest absolute Gasteiger partial charge is 0.479 e. The second kappa shape index (κ2) is 5.87. The maximum absolute atomic E-state index is 11.6. The number of carbonyl (C=O) groups is 2. The van der Waals surface area contributed by atoms with Crippen molar-refractivity contribution >= 4 is 29.3 Å². The number of hydrogen-bond acceptors (Lipinski definition) is 6. The van der Waals surface area contributed by atoms with Gasteiger partial charge in [-0.05, 0) is 11.4 Å². The quantitative estimate of drug-likeness (QED) is 0.764. The molecule has 2 heterocycles. The molecule has 0 saturated carbocycles. The molecule has 1 atom stereocenters. The minimum absolute atomic E-state index is 0.00433. The molecule has 0 aromatic carbocycles. The molecular formula is C10H9N5O3S. The van der Waals surface area contributed by atoms with Crippen LogP contribution < -0.4 is 10.6 Å². The minimum Gasteiger partial charge on any atom is -0.479 e. The molecule has 2 amide bonds. The Hall–Kier alpha value is -2.55. The molecule has 98 valence electrons. The van der Waals surface area contributed by atoms with E-state index in [1.807, 2.05) is 0 Å². The number of thiophene rings is 1. The number of nitrogens with one attached hydrogen (secondary N) is 2. The van der Waals surface area contributed by atoms with E-state index in [0.717, 1.165) is 0 Å². The van der Waals surface area contributed by atoms with Crippen molar-refractivity contribution in [1.82, 2.24) is 20.5 Å². The summed E-state index contributed by atoms with van der Waals surface area (Å²) in [5, 5.41) is 22.5. The third kappa shape index (κ3) is 3.45. The van der Waals surface area contributed by atoms with Crippen molar-refractivity contribution in [3.63, 3.8) is 0 Å². The van der Waals surface area contributed by atoms with E-state index in [0.29, 0.717) is 4.88 Å². The molecule has 0 spiro atoms. The lowest BCUT2D eigenvalue weighted by molar-refractivity contribution is -0.139. The predicted molar refractivity (Wildman–Crippen MR) is 66.7 cm³/mol. The van der Waals surface area contributed by atoms with Crippen LogP contribution in [0.5, 0.6) is 0 Å². The summed E-state index contributed by atoms with van der Waals surface area (Å²) >= 11 is 1.24. The Labute approximate surface area is 111 Å². The molecule has 9 heteroatoms. The zero-order valence-corrected chi connectivity index (χ0v) is 10.3. The number of rotatable bonds is 4. The number of aliphatic carboxylic acids is 1. The highest BCUT2D eigenvalue weighted by atomic mass is 32.1. The van der Waals surface area contributed by atoms with Gasteiger partial charge in [0.1, 0.15) is 0 Å². The van der Waals surface area contributed by atoms with Crippen LogP contribution in [0.15, 0.2) is 29.9 Å². The van der Waals surface area contributed by atoms with E-state index in [1.54, 1.807) is 17.5 Å². The van der Waals surface area contributed by atoms with Crippen LogP contribution in [0.3, 0.4) is 0 Å². The fraction of sp³-hybridized carbons (Fsp3) is 0.100. The van der Waals surface area contributed by atoms with Gasteiger partial charge in [-0.25, -0.2) is 14.6 Å². The fourth-order valence-electron chi connectivity index (χ4n) is 1.28. The zero-order valence-electron chi connectivity index (χ0n) is 9.48. The summed E-state index contributed by atoms with van der Waals surface area (Å²) in [4.78, 5) is 27.0. The van der Waals surface area contributed by atoms with E-state index in [1.165, 1.54) is 23.7 Å². The molecule has 3 N–H and O–H groups in total. The molecule has 0 bridgehead atoms. The van der Waals surface area contributed by atoms with E-state index in [-0.39, 0.29) is 5.95 Å². The van der Waals surface area contributed by atoms with Crippen LogP contribution in [-0.4, -0.2) is 32.3 Å². The monoisotopic (exact) mass is 279 g/mol. The zero-order chi connectivity index (χ0) is 13.7. The number of anilines is 1. The number of carboxylic acid groups (broad SMARTS) is 1. The first-order valence-corrected chi connectivity index (χ1v) is 6.02. The van der Waals surface area contributed by atoms with Crippen molar-refractivity contribution < 1.29 is 14.7 Å². The number of amides is 2. The van der Waals surface area contributed by atoms with Gasteiger partial charge in [0.15, 0.2) is 6.04 Å². The predicted octanol–water partition coefficient (Wildman–Crippen LogP) is 0.880. The molecule has 0 aliphatic carbocycles. The Morgan fingerprint density at radius 2 is 2.21 bits per heavy atom. The van der Waals surface area contributed by atoms with E-state index < -0.39 is 18.0 Å². The summed E-state index contributed by atoms with van der Waals surface area (Å²) in [5.41, 5.74) is 0. The number of nitrogens with zero attached hydrogens (tertiary/aromatic N) is 3. The van der Waals surface area contributed by atoms with Gasteiger partial charge in [0.2, 0.25) is 0 Å². The van der Waals surface area contributed by atoms with Gasteiger partial charge in [0.25, 0.3) is 5.95 Å². The van der Waals surface area contributed by atoms with Gasteiger partial charge in [0.05, 0.1) is 12.4 Å². The van der Waals surface area contributed by atoms with Crippen molar-refractivity contribution in [1.29, 1.82) is 0 Å². The summed E-state index contributed by atoms with van der Waals surface area (Å²) in [6.07, 6.45) is 2.71. The third-order valence-corrected chi connectivity index (χ3v) is 3.00. The molecular weight excluding hydrogens is 270 g/mol. The summed E-state index contributed by atoms with van der Waals surface area (Å²) in [7, 11) is 0. The number of carboxylic acids is 1. The lowest BCUT2D eigenvalue weighted by Crippen LogP contribution is -2.36. The fourth-order valence-corrected chi connectivity index (χ4v) is 2.05. The highest BCUT2D eigenvalue weighted by Crippen LogP contribution is 2.19. The summed E-state index contributed by atoms with van der Waals surface area (Å²) in [6.45, 7) is 0. The van der Waals surface area contributed by atoms with Crippen molar-refractivity contribution in [3.8, 4) is 0 Å². The van der Waals surface area contributed by atoms with E-state index >= 15 is 0 Å². The van der Waals surface area contributed by atoms with Gasteiger partial charge < -0.3 is 10.4 Å². The highest BCUT2D eigenvalue weighted by molar-refractivity contribution is 7.10. The molecule has 2 rings (SSSR count). The van der Waals surface area contributed by atoms with Crippen molar-refractivity contribution in [2.45, 2.75) is 6.04 Å². The SMILES string of the molecule is O=C(Nc1nccnn1)NC(C(=O)O)c1cccs1. The number of carbonyl (C=O) groups excluding carboxylic acids is 1. The van der Waals surface area contributed by atoms with Crippen LogP contribution in [0.1, 0.15) is 10.9 Å². The second-order valence-electron chi connectivity index (χ2n) is 3.35. The molecule has 0 aliphatic rings. The van der Waals surface area contributed by atoms with E-state index in [4.69, 9.17) is 5.11 Å². The molecule has 0 radical (unpaired) electrons. The second-order valence-corrected chi connectivity index (χ2v) is 4.33. The summed E-state index contributed by atoms with van der Waals surface area (Å²) in [6, 6.07) is 1.51. The normalized spacial score (nSPS) is 11.6. The van der Waals surface area contributed by atoms with Gasteiger partial charge in [-0.1, -0.05) is 6.07 Å². The van der Waals surface area contributed by atoms with Crippen LogP contribution in [0, 0.1) is 0 Å². The van der Waals surface area contributed by atoms with Crippen LogP contribution in [0.25, 0.3) is 0 Å². The Morgan fingerprint density at radius 1 is 1.37 bits per heavy atom. The number of aromatic nitrogens is 3. The number of hydrogen-bond donors (Lipinski definition) is 3. The Morgan fingerprint density at radius 3 is 2.79 bits per heavy atom.